The second kappa shape index (κ2) is 6.76. The fourth-order valence-electron chi connectivity index (χ4n) is 2.14. The zero-order chi connectivity index (χ0) is 12.8. The first-order valence-electron chi connectivity index (χ1n) is 6.98. The van der Waals surface area contributed by atoms with Crippen LogP contribution in [0.25, 0.3) is 0 Å². The molecule has 0 atom stereocenters. The van der Waals surface area contributed by atoms with E-state index in [2.05, 4.69) is 36.1 Å². The van der Waals surface area contributed by atoms with Crippen LogP contribution in [0.5, 0.6) is 0 Å². The monoisotopic (exact) mass is 248 g/mol. The van der Waals surface area contributed by atoms with Crippen LogP contribution in [0, 0.1) is 0 Å². The molecule has 0 heterocycles. The molecule has 1 aliphatic rings. The molecule has 1 fully saturated rings. The van der Waals surface area contributed by atoms with Crippen molar-refractivity contribution in [2.24, 2.45) is 5.73 Å². The summed E-state index contributed by atoms with van der Waals surface area (Å²) in [7, 11) is 0. The molecule has 18 heavy (non-hydrogen) atoms. The number of nitrogens with two attached hydrogens (primary N) is 1. The Labute approximate surface area is 110 Å². The summed E-state index contributed by atoms with van der Waals surface area (Å²) in [5, 5.41) is 0. The van der Waals surface area contributed by atoms with E-state index in [1.807, 2.05) is 0 Å². The molecule has 1 aromatic rings. The molecule has 0 bridgehead atoms. The zero-order valence-electron chi connectivity index (χ0n) is 11.3. The van der Waals surface area contributed by atoms with Gasteiger partial charge in [0.15, 0.2) is 0 Å². The number of benzene rings is 1. The average Bonchev–Trinajstić information content (AvgIpc) is 3.24. The summed E-state index contributed by atoms with van der Waals surface area (Å²) in [5.74, 6) is 0. The minimum atomic E-state index is 0.614. The van der Waals surface area contributed by atoms with Gasteiger partial charge in [-0.1, -0.05) is 19.1 Å². The third-order valence-electron chi connectivity index (χ3n) is 3.32. The molecule has 0 amide bonds. The van der Waals surface area contributed by atoms with Crippen LogP contribution in [0.4, 0.5) is 5.69 Å². The van der Waals surface area contributed by atoms with Gasteiger partial charge in [-0.3, -0.25) is 0 Å². The highest BCUT2D eigenvalue weighted by Gasteiger charge is 2.28. The minimum Gasteiger partial charge on any atom is -0.380 e. The van der Waals surface area contributed by atoms with E-state index >= 15 is 0 Å². The van der Waals surface area contributed by atoms with Crippen LogP contribution in [-0.2, 0) is 11.3 Å². The molecule has 2 rings (SSSR count). The standard InChI is InChI=1S/C15H24N2O/c1-2-10-18-11-9-17(15-7-8-15)14-5-3-13(12-16)4-6-14/h3-6,15H,2,7-12,16H2,1H3. The normalized spacial score (nSPS) is 14.8. The molecule has 0 aromatic heterocycles. The molecule has 2 N–H and O–H groups in total. The number of ether oxygens (including phenoxy) is 1. The summed E-state index contributed by atoms with van der Waals surface area (Å²) >= 11 is 0. The second-order valence-electron chi connectivity index (χ2n) is 4.91. The van der Waals surface area contributed by atoms with Crippen LogP contribution in [-0.4, -0.2) is 25.8 Å². The van der Waals surface area contributed by atoms with Gasteiger partial charge in [-0.25, -0.2) is 0 Å². The molecule has 100 valence electrons. The topological polar surface area (TPSA) is 38.5 Å². The predicted molar refractivity (Wildman–Crippen MR) is 75.8 cm³/mol. The maximum absolute atomic E-state index is 5.63. The lowest BCUT2D eigenvalue weighted by Crippen LogP contribution is -2.29. The number of rotatable bonds is 8. The van der Waals surface area contributed by atoms with Crippen molar-refractivity contribution in [3.63, 3.8) is 0 Å². The van der Waals surface area contributed by atoms with Crippen LogP contribution in [0.1, 0.15) is 31.7 Å². The van der Waals surface area contributed by atoms with Crippen molar-refractivity contribution < 1.29 is 4.74 Å². The van der Waals surface area contributed by atoms with Crippen molar-refractivity contribution in [2.75, 3.05) is 24.7 Å². The Morgan fingerprint density at radius 1 is 1.22 bits per heavy atom. The van der Waals surface area contributed by atoms with E-state index in [4.69, 9.17) is 10.5 Å². The molecule has 0 spiro atoms. The highest BCUT2D eigenvalue weighted by atomic mass is 16.5. The lowest BCUT2D eigenvalue weighted by Gasteiger charge is -2.24. The van der Waals surface area contributed by atoms with Crippen molar-refractivity contribution in [1.82, 2.24) is 0 Å². The Balaban J connectivity index is 1.91. The molecule has 1 aromatic carbocycles. The van der Waals surface area contributed by atoms with E-state index in [-0.39, 0.29) is 0 Å². The molecule has 0 radical (unpaired) electrons. The van der Waals surface area contributed by atoms with Gasteiger partial charge in [0.05, 0.1) is 6.61 Å². The van der Waals surface area contributed by atoms with E-state index in [0.29, 0.717) is 6.54 Å². The summed E-state index contributed by atoms with van der Waals surface area (Å²) in [4.78, 5) is 2.47. The molecule has 1 aliphatic carbocycles. The number of anilines is 1. The first-order valence-corrected chi connectivity index (χ1v) is 6.98. The number of nitrogens with zero attached hydrogens (tertiary/aromatic N) is 1. The largest absolute Gasteiger partial charge is 0.380 e. The Kier molecular flexibility index (Phi) is 5.02. The van der Waals surface area contributed by atoms with Crippen molar-refractivity contribution in [1.29, 1.82) is 0 Å². The highest BCUT2D eigenvalue weighted by molar-refractivity contribution is 5.49. The fourth-order valence-corrected chi connectivity index (χ4v) is 2.14. The SMILES string of the molecule is CCCOCCN(c1ccc(CN)cc1)C1CC1. The predicted octanol–water partition coefficient (Wildman–Crippen LogP) is 2.54. The molecule has 1 saturated carbocycles. The van der Waals surface area contributed by atoms with E-state index in [1.165, 1.54) is 24.1 Å². The Morgan fingerprint density at radius 2 is 1.94 bits per heavy atom. The maximum Gasteiger partial charge on any atom is 0.0641 e. The minimum absolute atomic E-state index is 0.614. The van der Waals surface area contributed by atoms with Crippen molar-refractivity contribution in [3.05, 3.63) is 29.8 Å². The van der Waals surface area contributed by atoms with E-state index in [0.717, 1.165) is 32.2 Å². The quantitative estimate of drug-likeness (QED) is 0.719. The molecular weight excluding hydrogens is 224 g/mol. The Bertz CT molecular complexity index is 346. The van der Waals surface area contributed by atoms with E-state index in [9.17, 15) is 0 Å². The Hall–Kier alpha value is -1.06. The maximum atomic E-state index is 5.63. The van der Waals surface area contributed by atoms with Crippen LogP contribution in [0.3, 0.4) is 0 Å². The summed E-state index contributed by atoms with van der Waals surface area (Å²) in [6.45, 7) is 5.44. The van der Waals surface area contributed by atoms with Gasteiger partial charge in [0.25, 0.3) is 0 Å². The molecule has 0 aliphatic heterocycles. The van der Waals surface area contributed by atoms with Crippen molar-refractivity contribution in [2.45, 2.75) is 38.8 Å². The zero-order valence-corrected chi connectivity index (χ0v) is 11.3. The number of hydrogen-bond donors (Lipinski definition) is 1. The highest BCUT2D eigenvalue weighted by Crippen LogP contribution is 2.31. The third-order valence-corrected chi connectivity index (χ3v) is 3.32. The van der Waals surface area contributed by atoms with Crippen LogP contribution in [0.15, 0.2) is 24.3 Å². The van der Waals surface area contributed by atoms with Gasteiger partial charge in [-0.05, 0) is 37.0 Å². The fraction of sp³-hybridized carbons (Fsp3) is 0.600. The molecule has 3 nitrogen and oxygen atoms in total. The first-order chi connectivity index (χ1) is 8.85. The molecule has 0 saturated heterocycles. The van der Waals surface area contributed by atoms with Gasteiger partial charge in [0.2, 0.25) is 0 Å². The van der Waals surface area contributed by atoms with Crippen molar-refractivity contribution in [3.8, 4) is 0 Å². The third kappa shape index (κ3) is 3.72. The summed E-state index contributed by atoms with van der Waals surface area (Å²) in [5.41, 5.74) is 8.12. The lowest BCUT2D eigenvalue weighted by atomic mass is 10.2. The summed E-state index contributed by atoms with van der Waals surface area (Å²) < 4.78 is 5.60. The van der Waals surface area contributed by atoms with Gasteiger partial charge >= 0.3 is 0 Å². The smallest absolute Gasteiger partial charge is 0.0641 e. The van der Waals surface area contributed by atoms with Gasteiger partial charge in [-0.2, -0.15) is 0 Å². The van der Waals surface area contributed by atoms with Crippen molar-refractivity contribution >= 4 is 5.69 Å². The lowest BCUT2D eigenvalue weighted by molar-refractivity contribution is 0.140. The average molecular weight is 248 g/mol. The van der Waals surface area contributed by atoms with Gasteiger partial charge in [0.1, 0.15) is 0 Å². The second-order valence-corrected chi connectivity index (χ2v) is 4.91. The number of hydrogen-bond acceptors (Lipinski definition) is 3. The summed E-state index contributed by atoms with van der Waals surface area (Å²) in [6, 6.07) is 9.33. The first kappa shape index (κ1) is 13.4. The van der Waals surface area contributed by atoms with Crippen LogP contribution < -0.4 is 10.6 Å². The van der Waals surface area contributed by atoms with E-state index < -0.39 is 0 Å². The van der Waals surface area contributed by atoms with Gasteiger partial charge < -0.3 is 15.4 Å². The molecular formula is C15H24N2O. The van der Waals surface area contributed by atoms with Crippen LogP contribution in [0.2, 0.25) is 0 Å². The van der Waals surface area contributed by atoms with Gasteiger partial charge in [-0.15, -0.1) is 0 Å². The Morgan fingerprint density at radius 3 is 2.50 bits per heavy atom. The molecule has 3 heteroatoms. The van der Waals surface area contributed by atoms with Gasteiger partial charge in [0, 0.05) is 31.4 Å². The summed E-state index contributed by atoms with van der Waals surface area (Å²) in [6.07, 6.45) is 3.72. The van der Waals surface area contributed by atoms with E-state index in [1.54, 1.807) is 0 Å². The molecule has 0 unspecified atom stereocenters. The van der Waals surface area contributed by atoms with Crippen LogP contribution >= 0.6 is 0 Å².